The molecule has 0 bridgehead atoms. The minimum Gasteiger partial charge on any atom is -0.125 e. The lowest BCUT2D eigenvalue weighted by atomic mass is 9.79. The van der Waals surface area contributed by atoms with Gasteiger partial charge < -0.3 is 0 Å². The van der Waals surface area contributed by atoms with Crippen molar-refractivity contribution in [1.29, 1.82) is 0 Å². The molecule has 0 atom stereocenters. The van der Waals surface area contributed by atoms with Gasteiger partial charge in [-0.1, -0.05) is 113 Å². The minimum absolute atomic E-state index is 0.110. The average Bonchev–Trinajstić information content (AvgIpc) is 2.67. The summed E-state index contributed by atoms with van der Waals surface area (Å²) >= 11 is 2.45. The van der Waals surface area contributed by atoms with E-state index in [1.54, 1.807) is 0 Å². The van der Waals surface area contributed by atoms with Crippen LogP contribution in [0.1, 0.15) is 99.8 Å². The molecule has 2 aromatic carbocycles. The van der Waals surface area contributed by atoms with Gasteiger partial charge in [0.15, 0.2) is 0 Å². The third kappa shape index (κ3) is 6.34. The summed E-state index contributed by atoms with van der Waals surface area (Å²) in [6, 6.07) is 14.0. The lowest BCUT2D eigenvalue weighted by Crippen LogP contribution is -2.43. The second-order valence-electron chi connectivity index (χ2n) is 12.6. The van der Waals surface area contributed by atoms with Crippen LogP contribution in [0.3, 0.4) is 0 Å². The average molecular weight is 573 g/mol. The lowest BCUT2D eigenvalue weighted by molar-refractivity contribution is 0.569. The lowest BCUT2D eigenvalue weighted by Gasteiger charge is -2.38. The molecular weight excluding hydrogens is 527 g/mol. The number of hydrogen-bond donors (Lipinski definition) is 0. The van der Waals surface area contributed by atoms with Gasteiger partial charge in [-0.2, -0.15) is 0 Å². The quantitative estimate of drug-likeness (QED) is 0.194. The maximum Gasteiger partial charge on any atom is 0.146 e. The Kier molecular flexibility index (Phi) is 8.78. The zero-order valence-corrected chi connectivity index (χ0v) is 26.2. The maximum absolute atomic E-state index is 3.92. The van der Waals surface area contributed by atoms with Gasteiger partial charge in [-0.3, -0.25) is 0 Å². The van der Waals surface area contributed by atoms with Crippen LogP contribution >= 0.6 is 22.6 Å². The molecule has 0 aliphatic carbocycles. The molecule has 0 unspecified atom stereocenters. The monoisotopic (exact) mass is 572 g/mol. The predicted octanol–water partition coefficient (Wildman–Crippen LogP) is 10.1. The molecule has 0 aromatic heterocycles. The van der Waals surface area contributed by atoms with Crippen molar-refractivity contribution in [3.63, 3.8) is 0 Å². The van der Waals surface area contributed by atoms with Crippen LogP contribution in [-0.2, 0) is 10.8 Å². The van der Waals surface area contributed by atoms with E-state index in [1.165, 1.54) is 31.4 Å². The normalized spacial score (nSPS) is 13.0. The van der Waals surface area contributed by atoms with Gasteiger partial charge in [-0.05, 0) is 84.4 Å². The molecule has 0 radical (unpaired) electrons. The summed E-state index contributed by atoms with van der Waals surface area (Å²) in [5, 5.41) is 0. The second kappa shape index (κ2) is 10.3. The zero-order chi connectivity index (χ0) is 25.4. The molecule has 33 heavy (non-hydrogen) atoms. The Labute approximate surface area is 219 Å². The Hall–Kier alpha value is -1.05. The smallest absolute Gasteiger partial charge is 0.125 e. The van der Waals surface area contributed by atoms with E-state index in [1.807, 2.05) is 0 Å². The van der Waals surface area contributed by atoms with Crippen LogP contribution in [0.25, 0.3) is 11.1 Å². The molecule has 0 aliphatic heterocycles. The van der Waals surface area contributed by atoms with E-state index in [0.29, 0.717) is 16.6 Å². The fourth-order valence-electron chi connectivity index (χ4n) is 5.07. The SMILES string of the molecule is CC(C)[Si](C#Cc1cc(-c2cc(C(C)(C)C)cc(C(C)(C)C)c2)ccc1I)(C(C)C)C(C)C. The number of rotatable bonds is 4. The minimum atomic E-state index is -1.76. The molecule has 180 valence electrons. The van der Waals surface area contributed by atoms with Crippen LogP contribution in [-0.4, -0.2) is 8.07 Å². The first kappa shape index (κ1) is 28.2. The third-order valence-corrected chi connectivity index (χ3v) is 14.5. The first-order valence-electron chi connectivity index (χ1n) is 12.5. The van der Waals surface area contributed by atoms with Gasteiger partial charge in [-0.25, -0.2) is 0 Å². The highest BCUT2D eigenvalue weighted by Crippen LogP contribution is 2.41. The molecule has 0 spiro atoms. The summed E-state index contributed by atoms with van der Waals surface area (Å²) in [4.78, 5) is 0. The summed E-state index contributed by atoms with van der Waals surface area (Å²) in [6.45, 7) is 28.1. The Morgan fingerprint density at radius 1 is 0.667 bits per heavy atom. The fraction of sp³-hybridized carbons (Fsp3) is 0.548. The molecule has 2 rings (SSSR count). The molecule has 0 amide bonds. The molecule has 0 aliphatic rings. The van der Waals surface area contributed by atoms with Crippen LogP contribution in [0.5, 0.6) is 0 Å². The van der Waals surface area contributed by atoms with E-state index in [0.717, 1.165) is 0 Å². The van der Waals surface area contributed by atoms with Crippen molar-refractivity contribution in [2.24, 2.45) is 0 Å². The van der Waals surface area contributed by atoms with Crippen LogP contribution < -0.4 is 0 Å². The van der Waals surface area contributed by atoms with Crippen LogP contribution in [0.4, 0.5) is 0 Å². The van der Waals surface area contributed by atoms with Gasteiger partial charge in [-0.15, -0.1) is 5.54 Å². The van der Waals surface area contributed by atoms with E-state index in [4.69, 9.17) is 0 Å². The Balaban J connectivity index is 2.70. The molecule has 0 saturated heterocycles. The van der Waals surface area contributed by atoms with Gasteiger partial charge in [0, 0.05) is 9.13 Å². The molecule has 0 heterocycles. The van der Waals surface area contributed by atoms with Crippen LogP contribution in [0.15, 0.2) is 36.4 Å². The van der Waals surface area contributed by atoms with Crippen molar-refractivity contribution >= 4 is 30.7 Å². The Morgan fingerprint density at radius 3 is 1.52 bits per heavy atom. The van der Waals surface area contributed by atoms with Crippen LogP contribution in [0.2, 0.25) is 16.6 Å². The summed E-state index contributed by atoms with van der Waals surface area (Å²) in [7, 11) is -1.76. The van der Waals surface area contributed by atoms with Gasteiger partial charge in [0.1, 0.15) is 8.07 Å². The standard InChI is InChI=1S/C31H45ISi/c1-21(2)33(22(3)4,23(5)6)16-15-25-17-24(13-14-29(25)32)26-18-27(30(7,8)9)20-28(19-26)31(10,11)12/h13-14,17-23H,1-12H3. The molecule has 0 saturated carbocycles. The highest BCUT2D eigenvalue weighted by Gasteiger charge is 2.41. The van der Waals surface area contributed by atoms with Crippen molar-refractivity contribution < 1.29 is 0 Å². The molecule has 0 fully saturated rings. The summed E-state index contributed by atoms with van der Waals surface area (Å²) in [5.74, 6) is 3.70. The Bertz CT molecular complexity index is 979. The van der Waals surface area contributed by atoms with Crippen LogP contribution in [0, 0.1) is 15.0 Å². The van der Waals surface area contributed by atoms with E-state index in [2.05, 4.69) is 154 Å². The van der Waals surface area contributed by atoms with Crippen molar-refractivity contribution in [3.8, 4) is 22.6 Å². The highest BCUT2D eigenvalue weighted by atomic mass is 127. The number of benzene rings is 2. The maximum atomic E-state index is 3.92. The first-order valence-corrected chi connectivity index (χ1v) is 15.8. The van der Waals surface area contributed by atoms with Crippen molar-refractivity contribution in [1.82, 2.24) is 0 Å². The van der Waals surface area contributed by atoms with Crippen molar-refractivity contribution in [2.75, 3.05) is 0 Å². The van der Waals surface area contributed by atoms with E-state index < -0.39 is 8.07 Å². The second-order valence-corrected chi connectivity index (χ2v) is 19.4. The van der Waals surface area contributed by atoms with Crippen molar-refractivity contribution in [3.05, 3.63) is 56.7 Å². The van der Waals surface area contributed by atoms with Gasteiger partial charge in [0.2, 0.25) is 0 Å². The van der Waals surface area contributed by atoms with E-state index in [-0.39, 0.29) is 10.8 Å². The summed E-state index contributed by atoms with van der Waals surface area (Å²) in [6.07, 6.45) is 0. The molecule has 2 heteroatoms. The van der Waals surface area contributed by atoms with Gasteiger partial charge in [0.05, 0.1) is 0 Å². The Morgan fingerprint density at radius 2 is 1.12 bits per heavy atom. The van der Waals surface area contributed by atoms with E-state index >= 15 is 0 Å². The fourth-order valence-corrected chi connectivity index (χ4v) is 10.8. The largest absolute Gasteiger partial charge is 0.146 e. The predicted molar refractivity (Wildman–Crippen MR) is 160 cm³/mol. The van der Waals surface area contributed by atoms with Crippen molar-refractivity contribution in [2.45, 2.75) is 111 Å². The van der Waals surface area contributed by atoms with Gasteiger partial charge in [0.25, 0.3) is 0 Å². The molecule has 2 aromatic rings. The summed E-state index contributed by atoms with van der Waals surface area (Å²) in [5.41, 5.74) is 12.6. The number of hydrogen-bond acceptors (Lipinski definition) is 0. The summed E-state index contributed by atoms with van der Waals surface area (Å²) < 4.78 is 1.24. The third-order valence-electron chi connectivity index (χ3n) is 7.24. The zero-order valence-electron chi connectivity index (χ0n) is 23.1. The molecule has 0 nitrogen and oxygen atoms in total. The molecular formula is C31H45ISi. The van der Waals surface area contributed by atoms with Gasteiger partial charge >= 0.3 is 0 Å². The first-order chi connectivity index (χ1) is 15.0. The topological polar surface area (TPSA) is 0 Å². The molecule has 0 N–H and O–H groups in total. The number of halogens is 1. The van der Waals surface area contributed by atoms with E-state index in [9.17, 15) is 0 Å². The highest BCUT2D eigenvalue weighted by molar-refractivity contribution is 14.1.